The number of hydrogen-bond acceptors (Lipinski definition) is 3. The lowest BCUT2D eigenvalue weighted by Gasteiger charge is -2.25. The summed E-state index contributed by atoms with van der Waals surface area (Å²) in [6.45, 7) is 4.70. The lowest BCUT2D eigenvalue weighted by molar-refractivity contribution is -0.123. The second-order valence-corrected chi connectivity index (χ2v) is 3.40. The van der Waals surface area contributed by atoms with Crippen molar-refractivity contribution in [2.45, 2.75) is 25.8 Å². The van der Waals surface area contributed by atoms with Gasteiger partial charge in [-0.2, -0.15) is 0 Å². The van der Waals surface area contributed by atoms with Gasteiger partial charge in [0.15, 0.2) is 0 Å². The number of hydrogen-bond donors (Lipinski definition) is 2. The number of rotatable bonds is 5. The van der Waals surface area contributed by atoms with Crippen LogP contribution in [-0.2, 0) is 9.53 Å². The number of nitrogens with one attached hydrogen (secondary N) is 1. The summed E-state index contributed by atoms with van der Waals surface area (Å²) in [7, 11) is 1.61. The van der Waals surface area contributed by atoms with Gasteiger partial charge < -0.3 is 15.8 Å². The van der Waals surface area contributed by atoms with Crippen molar-refractivity contribution >= 4 is 5.91 Å². The van der Waals surface area contributed by atoms with Gasteiger partial charge in [-0.3, -0.25) is 4.79 Å². The van der Waals surface area contributed by atoms with Gasteiger partial charge in [0.05, 0.1) is 12.1 Å². The molecular weight excluding hydrogens is 156 g/mol. The van der Waals surface area contributed by atoms with Crippen LogP contribution in [0, 0.1) is 0 Å². The SMILES string of the molecule is COCC(C)(C)NC(=O)CCN. The van der Waals surface area contributed by atoms with Crippen LogP contribution in [0.2, 0.25) is 0 Å². The number of nitrogens with two attached hydrogens (primary N) is 1. The van der Waals surface area contributed by atoms with Crippen LogP contribution in [0.3, 0.4) is 0 Å². The van der Waals surface area contributed by atoms with Gasteiger partial charge in [-0.15, -0.1) is 0 Å². The molecule has 3 N–H and O–H groups in total. The molecule has 0 radical (unpaired) electrons. The Labute approximate surface area is 73.5 Å². The molecule has 0 saturated heterocycles. The van der Waals surface area contributed by atoms with Crippen molar-refractivity contribution in [2.75, 3.05) is 20.3 Å². The first kappa shape index (κ1) is 11.4. The van der Waals surface area contributed by atoms with E-state index in [-0.39, 0.29) is 11.4 Å². The minimum Gasteiger partial charge on any atom is -0.382 e. The van der Waals surface area contributed by atoms with E-state index in [1.807, 2.05) is 13.8 Å². The topological polar surface area (TPSA) is 64.3 Å². The summed E-state index contributed by atoms with van der Waals surface area (Å²) in [6, 6.07) is 0. The van der Waals surface area contributed by atoms with E-state index in [1.165, 1.54) is 0 Å². The maximum absolute atomic E-state index is 11.1. The van der Waals surface area contributed by atoms with Crippen molar-refractivity contribution in [1.29, 1.82) is 0 Å². The predicted molar refractivity (Wildman–Crippen MR) is 47.8 cm³/mol. The van der Waals surface area contributed by atoms with Gasteiger partial charge in [-0.25, -0.2) is 0 Å². The van der Waals surface area contributed by atoms with E-state index in [1.54, 1.807) is 7.11 Å². The molecule has 1 amide bonds. The predicted octanol–water partition coefficient (Wildman–Crippen LogP) is -0.124. The summed E-state index contributed by atoms with van der Waals surface area (Å²) >= 11 is 0. The molecule has 0 bridgehead atoms. The number of amides is 1. The minimum absolute atomic E-state index is 0.0282. The molecule has 0 aromatic rings. The molecule has 4 nitrogen and oxygen atoms in total. The summed E-state index contributed by atoms with van der Waals surface area (Å²) in [5.41, 5.74) is 4.93. The van der Waals surface area contributed by atoms with Crippen LogP contribution in [0.5, 0.6) is 0 Å². The maximum Gasteiger partial charge on any atom is 0.221 e. The van der Waals surface area contributed by atoms with Crippen LogP contribution in [0.4, 0.5) is 0 Å². The minimum atomic E-state index is -0.305. The zero-order valence-electron chi connectivity index (χ0n) is 8.02. The van der Waals surface area contributed by atoms with E-state index < -0.39 is 0 Å². The Morgan fingerprint density at radius 2 is 2.17 bits per heavy atom. The monoisotopic (exact) mass is 174 g/mol. The Morgan fingerprint density at radius 1 is 1.58 bits per heavy atom. The summed E-state index contributed by atoms with van der Waals surface area (Å²) in [5.74, 6) is -0.0282. The lowest BCUT2D eigenvalue weighted by atomic mass is 10.1. The van der Waals surface area contributed by atoms with Gasteiger partial charge in [0.1, 0.15) is 0 Å². The lowest BCUT2D eigenvalue weighted by Crippen LogP contribution is -2.47. The highest BCUT2D eigenvalue weighted by Crippen LogP contribution is 2.01. The molecule has 0 aromatic carbocycles. The van der Waals surface area contributed by atoms with Crippen molar-refractivity contribution in [3.8, 4) is 0 Å². The first-order valence-corrected chi connectivity index (χ1v) is 4.02. The third-order valence-corrected chi connectivity index (χ3v) is 1.35. The summed E-state index contributed by atoms with van der Waals surface area (Å²) in [6.07, 6.45) is 0.368. The van der Waals surface area contributed by atoms with Crippen molar-refractivity contribution in [3.05, 3.63) is 0 Å². The van der Waals surface area contributed by atoms with E-state index in [0.29, 0.717) is 19.6 Å². The Hall–Kier alpha value is -0.610. The van der Waals surface area contributed by atoms with Crippen LogP contribution in [0.25, 0.3) is 0 Å². The molecular formula is C8H18N2O2. The van der Waals surface area contributed by atoms with E-state index in [9.17, 15) is 4.79 Å². The molecule has 0 unspecified atom stereocenters. The third kappa shape index (κ3) is 5.09. The standard InChI is InChI=1S/C8H18N2O2/c1-8(2,6-12-3)10-7(11)4-5-9/h4-6,9H2,1-3H3,(H,10,11). The smallest absolute Gasteiger partial charge is 0.221 e. The van der Waals surface area contributed by atoms with Crippen LogP contribution in [0.1, 0.15) is 20.3 Å². The average molecular weight is 174 g/mol. The van der Waals surface area contributed by atoms with Gasteiger partial charge in [0, 0.05) is 20.1 Å². The number of carbonyl (C=O) groups excluding carboxylic acids is 1. The van der Waals surface area contributed by atoms with Gasteiger partial charge >= 0.3 is 0 Å². The second kappa shape index (κ2) is 5.11. The zero-order valence-corrected chi connectivity index (χ0v) is 8.02. The van der Waals surface area contributed by atoms with Crippen molar-refractivity contribution in [2.24, 2.45) is 5.73 Å². The van der Waals surface area contributed by atoms with Gasteiger partial charge in [0.2, 0.25) is 5.91 Å². The second-order valence-electron chi connectivity index (χ2n) is 3.40. The normalized spacial score (nSPS) is 11.3. The summed E-state index contributed by atoms with van der Waals surface area (Å²) < 4.78 is 4.94. The molecule has 0 aliphatic carbocycles. The van der Waals surface area contributed by atoms with E-state index in [0.717, 1.165) is 0 Å². The highest BCUT2D eigenvalue weighted by atomic mass is 16.5. The van der Waals surface area contributed by atoms with E-state index in [4.69, 9.17) is 10.5 Å². The van der Waals surface area contributed by atoms with E-state index >= 15 is 0 Å². The first-order valence-electron chi connectivity index (χ1n) is 4.02. The fraction of sp³-hybridized carbons (Fsp3) is 0.875. The first-order chi connectivity index (χ1) is 5.52. The number of carbonyl (C=O) groups is 1. The largest absolute Gasteiger partial charge is 0.382 e. The molecule has 12 heavy (non-hydrogen) atoms. The fourth-order valence-electron chi connectivity index (χ4n) is 0.968. The van der Waals surface area contributed by atoms with Crippen LogP contribution in [0.15, 0.2) is 0 Å². The van der Waals surface area contributed by atoms with Gasteiger partial charge in [-0.1, -0.05) is 0 Å². The molecule has 72 valence electrons. The van der Waals surface area contributed by atoms with Crippen LogP contribution < -0.4 is 11.1 Å². The maximum atomic E-state index is 11.1. The molecule has 0 atom stereocenters. The van der Waals surface area contributed by atoms with Gasteiger partial charge in [0.25, 0.3) is 0 Å². The van der Waals surface area contributed by atoms with Crippen molar-refractivity contribution in [3.63, 3.8) is 0 Å². The Bertz CT molecular complexity index is 146. The Morgan fingerprint density at radius 3 is 2.58 bits per heavy atom. The highest BCUT2D eigenvalue weighted by molar-refractivity contribution is 5.76. The molecule has 0 rings (SSSR count). The molecule has 4 heteroatoms. The number of ether oxygens (including phenoxy) is 1. The Kier molecular flexibility index (Phi) is 4.85. The van der Waals surface area contributed by atoms with Crippen molar-refractivity contribution < 1.29 is 9.53 Å². The third-order valence-electron chi connectivity index (χ3n) is 1.35. The molecule has 0 saturated carbocycles. The number of methoxy groups -OCH3 is 1. The van der Waals surface area contributed by atoms with Crippen LogP contribution >= 0.6 is 0 Å². The van der Waals surface area contributed by atoms with Crippen molar-refractivity contribution in [1.82, 2.24) is 5.32 Å². The molecule has 0 aromatic heterocycles. The quantitative estimate of drug-likeness (QED) is 0.610. The molecule has 0 aliphatic rings. The Balaban J connectivity index is 3.79. The van der Waals surface area contributed by atoms with Gasteiger partial charge in [-0.05, 0) is 13.8 Å². The highest BCUT2D eigenvalue weighted by Gasteiger charge is 2.19. The zero-order chi connectivity index (χ0) is 9.61. The summed E-state index contributed by atoms with van der Waals surface area (Å²) in [5, 5.41) is 2.81. The molecule has 0 fully saturated rings. The van der Waals surface area contributed by atoms with Crippen LogP contribution in [-0.4, -0.2) is 31.7 Å². The average Bonchev–Trinajstić information content (AvgIpc) is 1.85. The molecule has 0 spiro atoms. The van der Waals surface area contributed by atoms with E-state index in [2.05, 4.69) is 5.32 Å². The summed E-state index contributed by atoms with van der Waals surface area (Å²) in [4.78, 5) is 11.1. The molecule has 0 heterocycles. The molecule has 0 aliphatic heterocycles. The fourth-order valence-corrected chi connectivity index (χ4v) is 0.968.